The summed E-state index contributed by atoms with van der Waals surface area (Å²) in [5.41, 5.74) is 0.0840. The first kappa shape index (κ1) is 13.5. The Labute approximate surface area is 99.4 Å². The first-order chi connectivity index (χ1) is 7.28. The van der Waals surface area contributed by atoms with Gasteiger partial charge in [0.25, 0.3) is 0 Å². The van der Waals surface area contributed by atoms with Gasteiger partial charge < -0.3 is 10.6 Å². The minimum Gasteiger partial charge on any atom is -0.350 e. The van der Waals surface area contributed by atoms with E-state index in [1.165, 1.54) is 19.3 Å². The second-order valence-corrected chi connectivity index (χ2v) is 6.09. The maximum absolute atomic E-state index is 11.9. The lowest BCUT2D eigenvalue weighted by molar-refractivity contribution is -0.125. The van der Waals surface area contributed by atoms with Crippen molar-refractivity contribution in [2.75, 3.05) is 0 Å². The molecule has 0 aromatic rings. The van der Waals surface area contributed by atoms with Crippen molar-refractivity contribution in [2.24, 2.45) is 0 Å². The molecule has 0 radical (unpaired) electrons. The largest absolute Gasteiger partial charge is 0.350 e. The molecule has 0 aromatic carbocycles. The third kappa shape index (κ3) is 3.48. The molecule has 0 aromatic heterocycles. The number of hydrogen-bond acceptors (Lipinski definition) is 2. The van der Waals surface area contributed by atoms with Crippen molar-refractivity contribution in [3.05, 3.63) is 0 Å². The molecule has 3 heteroatoms. The monoisotopic (exact) mass is 226 g/mol. The number of carbonyl (C=O) groups excluding carboxylic acids is 1. The molecule has 1 saturated carbocycles. The van der Waals surface area contributed by atoms with E-state index in [0.717, 1.165) is 6.42 Å². The lowest BCUT2D eigenvalue weighted by atomic mass is 9.74. The zero-order valence-electron chi connectivity index (χ0n) is 11.3. The molecule has 94 valence electrons. The lowest BCUT2D eigenvalue weighted by Crippen LogP contribution is -2.59. The Morgan fingerprint density at radius 3 is 2.25 bits per heavy atom. The van der Waals surface area contributed by atoms with Gasteiger partial charge in [0, 0.05) is 11.1 Å². The average Bonchev–Trinajstić information content (AvgIpc) is 2.08. The van der Waals surface area contributed by atoms with Crippen LogP contribution in [-0.4, -0.2) is 23.0 Å². The normalized spacial score (nSPS) is 21.1. The molecule has 0 aliphatic heterocycles. The van der Waals surface area contributed by atoms with E-state index in [0.29, 0.717) is 0 Å². The van der Waals surface area contributed by atoms with E-state index in [-0.39, 0.29) is 23.0 Å². The summed E-state index contributed by atoms with van der Waals surface area (Å²) in [5.74, 6) is 0.104. The molecule has 0 spiro atoms. The van der Waals surface area contributed by atoms with E-state index in [2.05, 4.69) is 17.6 Å². The van der Waals surface area contributed by atoms with E-state index >= 15 is 0 Å². The molecule has 0 saturated heterocycles. The molecule has 3 nitrogen and oxygen atoms in total. The molecular formula is C13H26N2O. The molecule has 0 bridgehead atoms. The number of carbonyl (C=O) groups is 1. The second kappa shape index (κ2) is 4.74. The maximum atomic E-state index is 11.9. The van der Waals surface area contributed by atoms with Crippen molar-refractivity contribution in [1.82, 2.24) is 10.6 Å². The number of nitrogens with one attached hydrogen (secondary N) is 2. The van der Waals surface area contributed by atoms with Crippen LogP contribution in [0.4, 0.5) is 0 Å². The summed E-state index contributed by atoms with van der Waals surface area (Å²) < 4.78 is 0. The standard InChI is InChI=1S/C13H26N2O/c1-6-13(8-7-9-13)14-10(2)11(16)15-12(3,4)5/h10,14H,6-9H2,1-5H3,(H,15,16). The smallest absolute Gasteiger partial charge is 0.237 e. The maximum Gasteiger partial charge on any atom is 0.237 e. The zero-order valence-corrected chi connectivity index (χ0v) is 11.3. The lowest BCUT2D eigenvalue weighted by Gasteiger charge is -2.44. The van der Waals surface area contributed by atoms with Crippen molar-refractivity contribution >= 4 is 5.91 Å². The van der Waals surface area contributed by atoms with Crippen LogP contribution >= 0.6 is 0 Å². The second-order valence-electron chi connectivity index (χ2n) is 6.09. The number of rotatable bonds is 4. The summed E-state index contributed by atoms with van der Waals surface area (Å²) in [4.78, 5) is 11.9. The Morgan fingerprint density at radius 1 is 1.38 bits per heavy atom. The minimum atomic E-state index is -0.147. The predicted molar refractivity (Wildman–Crippen MR) is 67.4 cm³/mol. The van der Waals surface area contributed by atoms with Gasteiger partial charge in [0.2, 0.25) is 5.91 Å². The quantitative estimate of drug-likeness (QED) is 0.771. The molecule has 1 aliphatic rings. The van der Waals surface area contributed by atoms with Gasteiger partial charge in [0.15, 0.2) is 0 Å². The SMILES string of the molecule is CCC1(NC(C)C(=O)NC(C)(C)C)CCC1. The highest BCUT2D eigenvalue weighted by atomic mass is 16.2. The Hall–Kier alpha value is -0.570. The van der Waals surface area contributed by atoms with Gasteiger partial charge in [-0.1, -0.05) is 6.92 Å². The third-order valence-electron chi connectivity index (χ3n) is 3.40. The van der Waals surface area contributed by atoms with Crippen molar-refractivity contribution in [3.8, 4) is 0 Å². The molecule has 1 amide bonds. The Kier molecular flexibility index (Phi) is 4.00. The summed E-state index contributed by atoms with van der Waals surface area (Å²) in [6.07, 6.45) is 4.81. The number of hydrogen-bond donors (Lipinski definition) is 2. The number of amides is 1. The Balaban J connectivity index is 2.45. The molecular weight excluding hydrogens is 200 g/mol. The highest BCUT2D eigenvalue weighted by Gasteiger charge is 2.37. The summed E-state index contributed by atoms with van der Waals surface area (Å²) in [7, 11) is 0. The van der Waals surface area contributed by atoms with Gasteiger partial charge in [-0.25, -0.2) is 0 Å². The Bertz CT molecular complexity index is 246. The molecule has 1 atom stereocenters. The molecule has 0 heterocycles. The Morgan fingerprint density at radius 2 is 1.94 bits per heavy atom. The van der Waals surface area contributed by atoms with Crippen LogP contribution in [0.1, 0.15) is 60.3 Å². The van der Waals surface area contributed by atoms with Gasteiger partial charge in [-0.05, 0) is 53.4 Å². The average molecular weight is 226 g/mol. The first-order valence-corrected chi connectivity index (χ1v) is 6.38. The predicted octanol–water partition coefficient (Wildman–Crippen LogP) is 2.21. The van der Waals surface area contributed by atoms with Crippen LogP contribution in [0, 0.1) is 0 Å². The topological polar surface area (TPSA) is 41.1 Å². The summed E-state index contributed by atoms with van der Waals surface area (Å²) >= 11 is 0. The van der Waals surface area contributed by atoms with Crippen LogP contribution in [0.25, 0.3) is 0 Å². The van der Waals surface area contributed by atoms with E-state index in [4.69, 9.17) is 0 Å². The van der Waals surface area contributed by atoms with Gasteiger partial charge in [-0.2, -0.15) is 0 Å². The van der Waals surface area contributed by atoms with Crippen LogP contribution in [0.3, 0.4) is 0 Å². The fourth-order valence-electron chi connectivity index (χ4n) is 2.21. The van der Waals surface area contributed by atoms with Gasteiger partial charge in [0.1, 0.15) is 0 Å². The van der Waals surface area contributed by atoms with Crippen LogP contribution in [0.5, 0.6) is 0 Å². The van der Waals surface area contributed by atoms with Crippen LogP contribution in [0.2, 0.25) is 0 Å². The van der Waals surface area contributed by atoms with E-state index in [1.807, 2.05) is 27.7 Å². The van der Waals surface area contributed by atoms with Crippen LogP contribution in [-0.2, 0) is 4.79 Å². The van der Waals surface area contributed by atoms with E-state index in [9.17, 15) is 4.79 Å². The molecule has 2 N–H and O–H groups in total. The molecule has 16 heavy (non-hydrogen) atoms. The zero-order chi connectivity index (χ0) is 12.4. The molecule has 1 aliphatic carbocycles. The van der Waals surface area contributed by atoms with Crippen molar-refractivity contribution in [3.63, 3.8) is 0 Å². The minimum absolute atomic E-state index is 0.0977. The van der Waals surface area contributed by atoms with Crippen molar-refractivity contribution in [1.29, 1.82) is 0 Å². The fraction of sp³-hybridized carbons (Fsp3) is 0.923. The molecule has 1 unspecified atom stereocenters. The van der Waals surface area contributed by atoms with Crippen molar-refractivity contribution in [2.45, 2.75) is 77.4 Å². The van der Waals surface area contributed by atoms with E-state index in [1.54, 1.807) is 0 Å². The summed E-state index contributed by atoms with van der Waals surface area (Å²) in [5, 5.41) is 6.50. The molecule has 1 rings (SSSR count). The first-order valence-electron chi connectivity index (χ1n) is 6.38. The van der Waals surface area contributed by atoms with Crippen LogP contribution in [0.15, 0.2) is 0 Å². The van der Waals surface area contributed by atoms with Gasteiger partial charge in [-0.3, -0.25) is 4.79 Å². The summed E-state index contributed by atoms with van der Waals surface area (Å²) in [6, 6.07) is -0.0977. The van der Waals surface area contributed by atoms with E-state index < -0.39 is 0 Å². The van der Waals surface area contributed by atoms with Crippen LogP contribution < -0.4 is 10.6 Å². The van der Waals surface area contributed by atoms with Gasteiger partial charge in [0.05, 0.1) is 6.04 Å². The highest BCUT2D eigenvalue weighted by Crippen LogP contribution is 2.34. The third-order valence-corrected chi connectivity index (χ3v) is 3.40. The van der Waals surface area contributed by atoms with Gasteiger partial charge in [-0.15, -0.1) is 0 Å². The summed E-state index contributed by atoms with van der Waals surface area (Å²) in [6.45, 7) is 10.2. The van der Waals surface area contributed by atoms with Crippen molar-refractivity contribution < 1.29 is 4.79 Å². The highest BCUT2D eigenvalue weighted by molar-refractivity contribution is 5.82. The molecule has 1 fully saturated rings. The fourth-order valence-corrected chi connectivity index (χ4v) is 2.21. The van der Waals surface area contributed by atoms with Gasteiger partial charge >= 0.3 is 0 Å².